The number of carbonyl (C=O) groups is 1. The van der Waals surface area contributed by atoms with Gasteiger partial charge in [-0.25, -0.2) is 4.57 Å². The molecule has 0 spiro atoms. The number of hydrogen-bond acceptors (Lipinski definition) is 5. The fraction of sp³-hybridized carbons (Fsp3) is 0.185. The fourth-order valence-corrected chi connectivity index (χ4v) is 5.37. The second-order valence-electron chi connectivity index (χ2n) is 8.64. The summed E-state index contributed by atoms with van der Waals surface area (Å²) < 4.78 is 3.50. The summed E-state index contributed by atoms with van der Waals surface area (Å²) in [4.78, 5) is 28.4. The molecule has 5 aromatic rings. The molecule has 5 rings (SSSR count). The SMILES string of the molecule is Cc1cccc(-n2c(=O)c3ccccc3n3c(SC(C(=O)N(C)C)c4ccccc4)nnc23)c1C. The third kappa shape index (κ3) is 3.89. The van der Waals surface area contributed by atoms with Gasteiger partial charge in [0.05, 0.1) is 16.6 Å². The third-order valence-electron chi connectivity index (χ3n) is 6.20. The van der Waals surface area contributed by atoms with Crippen LogP contribution in [0.5, 0.6) is 0 Å². The topological polar surface area (TPSA) is 72.5 Å². The van der Waals surface area contributed by atoms with E-state index in [1.165, 1.54) is 11.8 Å². The number of para-hydroxylation sites is 1. The first-order chi connectivity index (χ1) is 16.9. The minimum Gasteiger partial charge on any atom is -0.348 e. The smallest absolute Gasteiger partial charge is 0.267 e. The molecule has 0 aliphatic heterocycles. The minimum absolute atomic E-state index is 0.0508. The molecule has 0 aliphatic rings. The van der Waals surface area contributed by atoms with Crippen LogP contribution < -0.4 is 5.56 Å². The Hall–Kier alpha value is -3.91. The molecule has 3 aromatic carbocycles. The van der Waals surface area contributed by atoms with Gasteiger partial charge in [0, 0.05) is 14.1 Å². The van der Waals surface area contributed by atoms with Gasteiger partial charge < -0.3 is 4.90 Å². The summed E-state index contributed by atoms with van der Waals surface area (Å²) in [5.74, 6) is 0.360. The average Bonchev–Trinajstić information content (AvgIpc) is 3.28. The molecule has 1 atom stereocenters. The fourth-order valence-electron chi connectivity index (χ4n) is 4.18. The van der Waals surface area contributed by atoms with E-state index in [1.807, 2.05) is 91.0 Å². The van der Waals surface area contributed by atoms with E-state index < -0.39 is 5.25 Å². The zero-order chi connectivity index (χ0) is 24.7. The van der Waals surface area contributed by atoms with Crippen LogP contribution in [0, 0.1) is 13.8 Å². The molecular weight excluding hydrogens is 458 g/mol. The maximum absolute atomic E-state index is 13.7. The summed E-state index contributed by atoms with van der Waals surface area (Å²) in [5, 5.41) is 9.51. The van der Waals surface area contributed by atoms with Gasteiger partial charge in [-0.15, -0.1) is 10.2 Å². The van der Waals surface area contributed by atoms with E-state index in [-0.39, 0.29) is 11.5 Å². The second kappa shape index (κ2) is 9.03. The second-order valence-corrected chi connectivity index (χ2v) is 9.71. The standard InChI is InChI=1S/C27H25N5O2S/c1-17-11-10-16-21(18(17)2)31-24(33)20-14-8-9-15-22(20)32-26(31)28-29-27(32)35-23(25(34)30(3)4)19-12-6-5-7-13-19/h5-16,23H,1-4H3. The molecule has 0 N–H and O–H groups in total. The Morgan fingerprint density at radius 1 is 0.914 bits per heavy atom. The number of aryl methyl sites for hydroxylation is 1. The van der Waals surface area contributed by atoms with Gasteiger partial charge in [-0.1, -0.05) is 66.4 Å². The Morgan fingerprint density at radius 3 is 2.37 bits per heavy atom. The lowest BCUT2D eigenvalue weighted by molar-refractivity contribution is -0.128. The predicted octanol–water partition coefficient (Wildman–Crippen LogP) is 4.57. The quantitative estimate of drug-likeness (QED) is 0.343. The summed E-state index contributed by atoms with van der Waals surface area (Å²) in [6.07, 6.45) is 0. The largest absolute Gasteiger partial charge is 0.348 e. The van der Waals surface area contributed by atoms with Crippen LogP contribution in [0.4, 0.5) is 0 Å². The molecule has 35 heavy (non-hydrogen) atoms. The summed E-state index contributed by atoms with van der Waals surface area (Å²) in [7, 11) is 3.49. The molecule has 2 heterocycles. The Kier molecular flexibility index (Phi) is 5.90. The lowest BCUT2D eigenvalue weighted by Crippen LogP contribution is -2.27. The normalized spacial score (nSPS) is 12.2. The van der Waals surface area contributed by atoms with Gasteiger partial charge in [-0.3, -0.25) is 14.0 Å². The maximum atomic E-state index is 13.7. The van der Waals surface area contributed by atoms with E-state index >= 15 is 0 Å². The Bertz CT molecular complexity index is 1620. The number of likely N-dealkylation sites (N-methyl/N-ethyl adjacent to an activating group) is 1. The summed E-state index contributed by atoms with van der Waals surface area (Å²) in [6.45, 7) is 4.01. The molecule has 2 aromatic heterocycles. The number of amides is 1. The zero-order valence-electron chi connectivity index (χ0n) is 20.0. The predicted molar refractivity (Wildman–Crippen MR) is 139 cm³/mol. The Balaban J connectivity index is 1.79. The van der Waals surface area contributed by atoms with E-state index in [2.05, 4.69) is 10.2 Å². The van der Waals surface area contributed by atoms with E-state index in [9.17, 15) is 9.59 Å². The molecule has 0 radical (unpaired) electrons. The number of carbonyl (C=O) groups excluding carboxylic acids is 1. The molecule has 1 unspecified atom stereocenters. The van der Waals surface area contributed by atoms with Crippen molar-refractivity contribution in [2.75, 3.05) is 14.1 Å². The number of nitrogens with zero attached hydrogens (tertiary/aromatic N) is 5. The first kappa shape index (κ1) is 22.9. The van der Waals surface area contributed by atoms with Gasteiger partial charge in [0.1, 0.15) is 5.25 Å². The van der Waals surface area contributed by atoms with E-state index in [1.54, 1.807) is 23.6 Å². The van der Waals surface area contributed by atoms with Crippen molar-refractivity contribution < 1.29 is 4.79 Å². The van der Waals surface area contributed by atoms with E-state index in [4.69, 9.17) is 0 Å². The van der Waals surface area contributed by atoms with Crippen molar-refractivity contribution in [3.05, 3.63) is 99.8 Å². The van der Waals surface area contributed by atoms with Crippen molar-refractivity contribution in [3.8, 4) is 5.69 Å². The molecule has 8 heteroatoms. The number of rotatable bonds is 5. The van der Waals surface area contributed by atoms with Gasteiger partial charge in [-0.2, -0.15) is 0 Å². The average molecular weight is 484 g/mol. The molecule has 0 fully saturated rings. The third-order valence-corrected chi connectivity index (χ3v) is 7.39. The summed E-state index contributed by atoms with van der Waals surface area (Å²) in [6, 6.07) is 22.9. The van der Waals surface area contributed by atoms with Crippen LogP contribution in [0.25, 0.3) is 22.4 Å². The molecule has 0 aliphatic carbocycles. The highest BCUT2D eigenvalue weighted by Crippen LogP contribution is 2.36. The molecular formula is C27H25N5O2S. The van der Waals surface area contributed by atoms with Crippen molar-refractivity contribution in [1.29, 1.82) is 0 Å². The molecule has 176 valence electrons. The van der Waals surface area contributed by atoms with Gasteiger partial charge in [-0.05, 0) is 48.7 Å². The highest BCUT2D eigenvalue weighted by atomic mass is 32.2. The van der Waals surface area contributed by atoms with Crippen LogP contribution >= 0.6 is 11.8 Å². The first-order valence-corrected chi connectivity index (χ1v) is 12.1. The monoisotopic (exact) mass is 483 g/mol. The van der Waals surface area contributed by atoms with Crippen LogP contribution in [-0.2, 0) is 4.79 Å². The highest BCUT2D eigenvalue weighted by Gasteiger charge is 2.27. The van der Waals surface area contributed by atoms with E-state index in [0.29, 0.717) is 21.8 Å². The van der Waals surface area contributed by atoms with Crippen molar-refractivity contribution >= 4 is 34.3 Å². The van der Waals surface area contributed by atoms with Crippen molar-refractivity contribution in [2.45, 2.75) is 24.3 Å². The highest BCUT2D eigenvalue weighted by molar-refractivity contribution is 8.00. The molecule has 0 saturated carbocycles. The number of benzene rings is 3. The van der Waals surface area contributed by atoms with Crippen LogP contribution in [0.15, 0.2) is 82.7 Å². The minimum atomic E-state index is -0.515. The number of fused-ring (bicyclic) bond motifs is 3. The van der Waals surface area contributed by atoms with Crippen molar-refractivity contribution in [1.82, 2.24) is 24.1 Å². The van der Waals surface area contributed by atoms with Crippen LogP contribution in [0.1, 0.15) is 21.9 Å². The Labute approximate surface area is 207 Å². The summed E-state index contributed by atoms with van der Waals surface area (Å²) >= 11 is 1.33. The maximum Gasteiger partial charge on any atom is 0.267 e. The molecule has 0 bridgehead atoms. The first-order valence-electron chi connectivity index (χ1n) is 11.3. The molecule has 7 nitrogen and oxygen atoms in total. The number of aromatic nitrogens is 4. The van der Waals surface area contributed by atoms with Crippen LogP contribution in [0.3, 0.4) is 0 Å². The number of thioether (sulfide) groups is 1. The van der Waals surface area contributed by atoms with Gasteiger partial charge in [0.2, 0.25) is 11.7 Å². The zero-order valence-corrected chi connectivity index (χ0v) is 20.8. The van der Waals surface area contributed by atoms with Crippen LogP contribution in [0.2, 0.25) is 0 Å². The lowest BCUT2D eigenvalue weighted by atomic mass is 10.1. The van der Waals surface area contributed by atoms with Gasteiger partial charge in [0.15, 0.2) is 5.16 Å². The Morgan fingerprint density at radius 2 is 1.63 bits per heavy atom. The van der Waals surface area contributed by atoms with Gasteiger partial charge >= 0.3 is 0 Å². The van der Waals surface area contributed by atoms with E-state index in [0.717, 1.165) is 22.4 Å². The lowest BCUT2D eigenvalue weighted by Gasteiger charge is -2.20. The van der Waals surface area contributed by atoms with Crippen molar-refractivity contribution in [3.63, 3.8) is 0 Å². The molecule has 1 amide bonds. The molecule has 0 saturated heterocycles. The van der Waals surface area contributed by atoms with Gasteiger partial charge in [0.25, 0.3) is 5.56 Å². The summed E-state index contributed by atoms with van der Waals surface area (Å²) in [5.41, 5.74) is 4.25. The number of hydrogen-bond donors (Lipinski definition) is 0. The van der Waals surface area contributed by atoms with Crippen molar-refractivity contribution in [2.24, 2.45) is 0 Å². The van der Waals surface area contributed by atoms with Crippen LogP contribution in [-0.4, -0.2) is 44.1 Å².